The number of hydrogen-bond acceptors (Lipinski definition) is 3. The molecule has 3 N–H and O–H groups in total. The average molecular weight is 141 g/mol. The molecule has 2 atom stereocenters. The minimum absolute atomic E-state index is 0.252. The molecule has 3 heteroatoms. The van der Waals surface area contributed by atoms with Gasteiger partial charge in [0.15, 0.2) is 0 Å². The summed E-state index contributed by atoms with van der Waals surface area (Å²) in [6, 6.07) is 1.45. The predicted molar refractivity (Wildman–Crippen MR) is 37.3 cm³/mol. The highest BCUT2D eigenvalue weighted by Gasteiger charge is 2.12. The van der Waals surface area contributed by atoms with E-state index in [1.807, 2.05) is 0 Å². The van der Waals surface area contributed by atoms with E-state index in [0.717, 1.165) is 5.56 Å². The van der Waals surface area contributed by atoms with Crippen molar-refractivity contribution in [3.63, 3.8) is 0 Å². The molecule has 0 unspecified atom stereocenters. The Morgan fingerprint density at radius 3 is 2.80 bits per heavy atom. The lowest BCUT2D eigenvalue weighted by atomic mass is 10.1. The molecule has 0 aromatic carbocycles. The fourth-order valence-electron chi connectivity index (χ4n) is 0.747. The molecule has 10 heavy (non-hydrogen) atoms. The smallest absolute Gasteiger partial charge is 0.0969 e. The zero-order chi connectivity index (χ0) is 7.56. The van der Waals surface area contributed by atoms with Crippen LogP contribution in [0.2, 0.25) is 0 Å². The lowest BCUT2D eigenvalue weighted by Gasteiger charge is -2.10. The van der Waals surface area contributed by atoms with Gasteiger partial charge in [0.2, 0.25) is 0 Å². The molecule has 1 aromatic heterocycles. The van der Waals surface area contributed by atoms with Gasteiger partial charge in [0.1, 0.15) is 0 Å². The van der Waals surface area contributed by atoms with Crippen molar-refractivity contribution >= 4 is 0 Å². The average Bonchev–Trinajstić information content (AvgIpc) is 2.36. The van der Waals surface area contributed by atoms with E-state index in [2.05, 4.69) is 0 Å². The van der Waals surface area contributed by atoms with Gasteiger partial charge in [0.25, 0.3) is 0 Å². The molecule has 0 saturated carbocycles. The highest BCUT2D eigenvalue weighted by Crippen LogP contribution is 2.14. The van der Waals surface area contributed by atoms with Crippen LogP contribution in [0.4, 0.5) is 0 Å². The molecule has 56 valence electrons. The van der Waals surface area contributed by atoms with Crippen molar-refractivity contribution in [1.82, 2.24) is 0 Å². The molecule has 1 aromatic rings. The highest BCUT2D eigenvalue weighted by atomic mass is 16.3. The van der Waals surface area contributed by atoms with Gasteiger partial charge < -0.3 is 15.3 Å². The molecule has 0 spiro atoms. The summed E-state index contributed by atoms with van der Waals surface area (Å²) in [4.78, 5) is 0. The summed E-state index contributed by atoms with van der Waals surface area (Å²) in [6.07, 6.45) is 2.40. The summed E-state index contributed by atoms with van der Waals surface area (Å²) in [5.41, 5.74) is 6.17. The van der Waals surface area contributed by atoms with Gasteiger partial charge >= 0.3 is 0 Å². The van der Waals surface area contributed by atoms with Crippen molar-refractivity contribution in [1.29, 1.82) is 0 Å². The van der Waals surface area contributed by atoms with Gasteiger partial charge in [-0.1, -0.05) is 0 Å². The number of furan rings is 1. The molecule has 0 aliphatic heterocycles. The van der Waals surface area contributed by atoms with E-state index in [0.29, 0.717) is 0 Å². The van der Waals surface area contributed by atoms with Crippen LogP contribution in [0, 0.1) is 0 Å². The van der Waals surface area contributed by atoms with Crippen molar-refractivity contribution in [2.45, 2.75) is 19.1 Å². The Balaban J connectivity index is 2.68. The van der Waals surface area contributed by atoms with Gasteiger partial charge in [-0.05, 0) is 13.0 Å². The Morgan fingerprint density at radius 2 is 2.40 bits per heavy atom. The topological polar surface area (TPSA) is 59.4 Å². The van der Waals surface area contributed by atoms with Crippen LogP contribution in [-0.2, 0) is 0 Å². The van der Waals surface area contributed by atoms with E-state index in [1.165, 1.54) is 12.5 Å². The van der Waals surface area contributed by atoms with Gasteiger partial charge in [0, 0.05) is 11.6 Å². The monoisotopic (exact) mass is 141 g/mol. The van der Waals surface area contributed by atoms with E-state index in [-0.39, 0.29) is 6.04 Å². The molecule has 0 fully saturated rings. The highest BCUT2D eigenvalue weighted by molar-refractivity contribution is 5.10. The lowest BCUT2D eigenvalue weighted by molar-refractivity contribution is 0.152. The molecule has 0 aliphatic rings. The zero-order valence-electron chi connectivity index (χ0n) is 5.82. The van der Waals surface area contributed by atoms with E-state index in [9.17, 15) is 5.11 Å². The Labute approximate surface area is 59.5 Å². The second-order valence-electron chi connectivity index (χ2n) is 2.36. The predicted octanol–water partition coefficient (Wildman–Crippen LogP) is 0.660. The first-order valence-electron chi connectivity index (χ1n) is 3.17. The molecule has 0 amide bonds. The van der Waals surface area contributed by atoms with Gasteiger partial charge in [-0.2, -0.15) is 0 Å². The Bertz CT molecular complexity index is 181. The SMILES string of the molecule is C[C@H](N)[C@H](O)c1ccoc1. The first kappa shape index (κ1) is 7.31. The fraction of sp³-hybridized carbons (Fsp3) is 0.429. The number of hydrogen-bond donors (Lipinski definition) is 2. The molecule has 0 radical (unpaired) electrons. The van der Waals surface area contributed by atoms with Crippen molar-refractivity contribution in [2.75, 3.05) is 0 Å². The minimum atomic E-state index is -0.612. The second-order valence-corrected chi connectivity index (χ2v) is 2.36. The normalized spacial score (nSPS) is 16.7. The fourth-order valence-corrected chi connectivity index (χ4v) is 0.747. The molecule has 0 aliphatic carbocycles. The van der Waals surface area contributed by atoms with Crippen molar-refractivity contribution in [2.24, 2.45) is 5.73 Å². The van der Waals surface area contributed by atoms with Gasteiger partial charge in [-0.3, -0.25) is 0 Å². The Morgan fingerprint density at radius 1 is 1.70 bits per heavy atom. The van der Waals surface area contributed by atoms with Crippen molar-refractivity contribution < 1.29 is 9.52 Å². The Hall–Kier alpha value is -0.800. The van der Waals surface area contributed by atoms with E-state index in [1.54, 1.807) is 13.0 Å². The molecule has 0 bridgehead atoms. The first-order valence-corrected chi connectivity index (χ1v) is 3.17. The standard InChI is InChI=1S/C7H11NO2/c1-5(8)7(9)6-2-3-10-4-6/h2-5,7,9H,8H2,1H3/t5-,7-/m0/s1. The quantitative estimate of drug-likeness (QED) is 0.636. The van der Waals surface area contributed by atoms with E-state index < -0.39 is 6.10 Å². The van der Waals surface area contributed by atoms with Crippen LogP contribution in [0.15, 0.2) is 23.0 Å². The number of aliphatic hydroxyl groups excluding tert-OH is 1. The van der Waals surface area contributed by atoms with Gasteiger partial charge in [-0.25, -0.2) is 0 Å². The van der Waals surface area contributed by atoms with E-state index >= 15 is 0 Å². The van der Waals surface area contributed by atoms with Crippen LogP contribution >= 0.6 is 0 Å². The summed E-state index contributed by atoms with van der Waals surface area (Å²) in [6.45, 7) is 1.75. The summed E-state index contributed by atoms with van der Waals surface area (Å²) in [7, 11) is 0. The maximum absolute atomic E-state index is 9.30. The largest absolute Gasteiger partial charge is 0.472 e. The minimum Gasteiger partial charge on any atom is -0.472 e. The molecule has 1 heterocycles. The molecule has 1 rings (SSSR count). The van der Waals surface area contributed by atoms with Crippen LogP contribution < -0.4 is 5.73 Å². The maximum atomic E-state index is 9.30. The third kappa shape index (κ3) is 1.37. The number of aliphatic hydroxyl groups is 1. The van der Waals surface area contributed by atoms with Gasteiger partial charge in [0.05, 0.1) is 18.6 Å². The van der Waals surface area contributed by atoms with Gasteiger partial charge in [-0.15, -0.1) is 0 Å². The molecular formula is C7H11NO2. The third-order valence-electron chi connectivity index (χ3n) is 1.38. The summed E-state index contributed by atoms with van der Waals surface area (Å²) in [5.74, 6) is 0. The van der Waals surface area contributed by atoms with Crippen LogP contribution in [0.1, 0.15) is 18.6 Å². The van der Waals surface area contributed by atoms with E-state index in [4.69, 9.17) is 10.2 Å². The van der Waals surface area contributed by atoms with Crippen LogP contribution in [0.25, 0.3) is 0 Å². The number of nitrogens with two attached hydrogens (primary N) is 1. The summed E-state index contributed by atoms with van der Waals surface area (Å²) >= 11 is 0. The van der Waals surface area contributed by atoms with Crippen molar-refractivity contribution in [3.05, 3.63) is 24.2 Å². The van der Waals surface area contributed by atoms with Crippen LogP contribution in [0.3, 0.4) is 0 Å². The van der Waals surface area contributed by atoms with Crippen LogP contribution in [0.5, 0.6) is 0 Å². The lowest BCUT2D eigenvalue weighted by Crippen LogP contribution is -2.23. The molecule has 0 saturated heterocycles. The maximum Gasteiger partial charge on any atom is 0.0969 e. The van der Waals surface area contributed by atoms with Crippen LogP contribution in [-0.4, -0.2) is 11.1 Å². The molecule has 3 nitrogen and oxygen atoms in total. The van der Waals surface area contributed by atoms with Crippen molar-refractivity contribution in [3.8, 4) is 0 Å². The first-order chi connectivity index (χ1) is 4.72. The Kier molecular flexibility index (Phi) is 2.09. The zero-order valence-corrected chi connectivity index (χ0v) is 5.82. The molecular weight excluding hydrogens is 130 g/mol. The summed E-state index contributed by atoms with van der Waals surface area (Å²) < 4.78 is 4.77. The summed E-state index contributed by atoms with van der Waals surface area (Å²) in [5, 5.41) is 9.30. The number of rotatable bonds is 2. The second kappa shape index (κ2) is 2.86. The third-order valence-corrected chi connectivity index (χ3v) is 1.38.